The van der Waals surface area contributed by atoms with Crippen LogP contribution in [0.3, 0.4) is 0 Å². The van der Waals surface area contributed by atoms with Gasteiger partial charge in [-0.3, -0.25) is 0 Å². The van der Waals surface area contributed by atoms with Crippen molar-refractivity contribution in [2.75, 3.05) is 0 Å². The maximum absolute atomic E-state index is 10.8. The molecule has 3 nitrogen and oxygen atoms in total. The minimum atomic E-state index is -0.900. The third-order valence-electron chi connectivity index (χ3n) is 2.58. The van der Waals surface area contributed by atoms with Crippen LogP contribution in [0.1, 0.15) is 20.1 Å². The fourth-order valence-electron chi connectivity index (χ4n) is 1.69. The first-order valence-electron chi connectivity index (χ1n) is 5.84. The number of carboxylic acids is 1. The molecule has 2 rings (SSSR count). The zero-order chi connectivity index (χ0) is 13.7. The topological polar surface area (TPSA) is 46.5 Å². The number of ether oxygens (including phenoxy) is 1. The first kappa shape index (κ1) is 13.4. The molecule has 1 heterocycles. The standard InChI is InChI=1S/C15H14O3S/c1-2-5-11-6-3-4-7-13(11)18-10-12-8-9-14(19-12)15(16)17/h2-4,6-9H,1,5,10H2,(H,16,17). The highest BCUT2D eigenvalue weighted by atomic mass is 32.1. The molecule has 2 aromatic rings. The molecule has 0 aliphatic carbocycles. The Morgan fingerprint density at radius 2 is 2.11 bits per heavy atom. The van der Waals surface area contributed by atoms with Crippen molar-refractivity contribution in [3.63, 3.8) is 0 Å². The number of carbonyl (C=O) groups is 1. The lowest BCUT2D eigenvalue weighted by Crippen LogP contribution is -1.96. The van der Waals surface area contributed by atoms with Gasteiger partial charge in [-0.2, -0.15) is 0 Å². The highest BCUT2D eigenvalue weighted by Crippen LogP contribution is 2.22. The van der Waals surface area contributed by atoms with E-state index in [1.807, 2.05) is 30.3 Å². The maximum atomic E-state index is 10.8. The van der Waals surface area contributed by atoms with Gasteiger partial charge in [-0.05, 0) is 30.2 Å². The lowest BCUT2D eigenvalue weighted by Gasteiger charge is -2.09. The molecule has 0 fully saturated rings. The minimum Gasteiger partial charge on any atom is -0.488 e. The summed E-state index contributed by atoms with van der Waals surface area (Å²) >= 11 is 1.23. The van der Waals surface area contributed by atoms with Gasteiger partial charge >= 0.3 is 5.97 Å². The van der Waals surface area contributed by atoms with E-state index < -0.39 is 5.97 Å². The molecule has 4 heteroatoms. The fourth-order valence-corrected chi connectivity index (χ4v) is 2.45. The average Bonchev–Trinajstić information content (AvgIpc) is 2.87. The molecule has 0 bridgehead atoms. The van der Waals surface area contributed by atoms with Crippen LogP contribution in [0.4, 0.5) is 0 Å². The third-order valence-corrected chi connectivity index (χ3v) is 3.63. The zero-order valence-corrected chi connectivity index (χ0v) is 11.2. The van der Waals surface area contributed by atoms with Crippen molar-refractivity contribution in [2.24, 2.45) is 0 Å². The summed E-state index contributed by atoms with van der Waals surface area (Å²) in [7, 11) is 0. The van der Waals surface area contributed by atoms with Crippen LogP contribution < -0.4 is 4.74 Å². The largest absolute Gasteiger partial charge is 0.488 e. The minimum absolute atomic E-state index is 0.331. The molecule has 1 aromatic carbocycles. The molecule has 98 valence electrons. The molecule has 0 saturated carbocycles. The van der Waals surface area contributed by atoms with Crippen LogP contribution in [0, 0.1) is 0 Å². The Balaban J connectivity index is 2.05. The summed E-state index contributed by atoms with van der Waals surface area (Å²) in [5, 5.41) is 8.86. The van der Waals surface area contributed by atoms with Gasteiger partial charge in [-0.25, -0.2) is 4.79 Å². The monoisotopic (exact) mass is 274 g/mol. The van der Waals surface area contributed by atoms with Crippen LogP contribution in [0.2, 0.25) is 0 Å². The van der Waals surface area contributed by atoms with Gasteiger partial charge in [0.1, 0.15) is 17.2 Å². The number of benzene rings is 1. The lowest BCUT2D eigenvalue weighted by molar-refractivity contribution is 0.0702. The third kappa shape index (κ3) is 3.45. The van der Waals surface area contributed by atoms with E-state index in [4.69, 9.17) is 9.84 Å². The Labute approximate surface area is 115 Å². The van der Waals surface area contributed by atoms with Crippen molar-refractivity contribution in [3.05, 3.63) is 64.4 Å². The molecule has 0 unspecified atom stereocenters. The number of para-hydroxylation sites is 1. The Hall–Kier alpha value is -2.07. The van der Waals surface area contributed by atoms with Crippen LogP contribution in [-0.2, 0) is 13.0 Å². The summed E-state index contributed by atoms with van der Waals surface area (Å²) in [6, 6.07) is 11.2. The van der Waals surface area contributed by atoms with Gasteiger partial charge in [0.05, 0.1) is 0 Å². The lowest BCUT2D eigenvalue weighted by atomic mass is 10.1. The van der Waals surface area contributed by atoms with E-state index in [1.54, 1.807) is 12.1 Å². The van der Waals surface area contributed by atoms with Crippen LogP contribution in [-0.4, -0.2) is 11.1 Å². The van der Waals surface area contributed by atoms with E-state index in [0.717, 1.165) is 22.6 Å². The van der Waals surface area contributed by atoms with Crippen molar-refractivity contribution in [1.29, 1.82) is 0 Å². The molecule has 19 heavy (non-hydrogen) atoms. The van der Waals surface area contributed by atoms with Gasteiger partial charge in [-0.1, -0.05) is 24.3 Å². The van der Waals surface area contributed by atoms with E-state index in [-0.39, 0.29) is 0 Å². The van der Waals surface area contributed by atoms with E-state index in [2.05, 4.69) is 6.58 Å². The first-order valence-corrected chi connectivity index (χ1v) is 6.66. The van der Waals surface area contributed by atoms with E-state index in [9.17, 15) is 4.79 Å². The van der Waals surface area contributed by atoms with E-state index >= 15 is 0 Å². The molecule has 0 amide bonds. The molecule has 1 aromatic heterocycles. The van der Waals surface area contributed by atoms with E-state index in [1.165, 1.54) is 11.3 Å². The van der Waals surface area contributed by atoms with Crippen LogP contribution >= 0.6 is 11.3 Å². The van der Waals surface area contributed by atoms with Gasteiger partial charge in [0.25, 0.3) is 0 Å². The number of carboxylic acid groups (broad SMARTS) is 1. The predicted molar refractivity (Wildman–Crippen MR) is 76.0 cm³/mol. The number of thiophene rings is 1. The van der Waals surface area contributed by atoms with Crippen LogP contribution in [0.25, 0.3) is 0 Å². The normalized spacial score (nSPS) is 10.1. The zero-order valence-electron chi connectivity index (χ0n) is 10.3. The summed E-state index contributed by atoms with van der Waals surface area (Å²) < 4.78 is 5.74. The van der Waals surface area contributed by atoms with Crippen molar-refractivity contribution < 1.29 is 14.6 Å². The molecular formula is C15H14O3S. The molecule has 0 aliphatic rings. The van der Waals surface area contributed by atoms with Gasteiger partial charge in [0, 0.05) is 4.88 Å². The number of hydrogen-bond acceptors (Lipinski definition) is 3. The number of aromatic carboxylic acids is 1. The molecule has 0 spiro atoms. The highest BCUT2D eigenvalue weighted by Gasteiger charge is 2.08. The number of allylic oxidation sites excluding steroid dienone is 1. The average molecular weight is 274 g/mol. The second-order valence-corrected chi connectivity index (χ2v) is 5.13. The van der Waals surface area contributed by atoms with Crippen molar-refractivity contribution in [2.45, 2.75) is 13.0 Å². The summed E-state index contributed by atoms with van der Waals surface area (Å²) in [5.74, 6) is -0.0871. The van der Waals surface area contributed by atoms with Crippen LogP contribution in [0.5, 0.6) is 5.75 Å². The smallest absolute Gasteiger partial charge is 0.345 e. The molecular weight excluding hydrogens is 260 g/mol. The maximum Gasteiger partial charge on any atom is 0.345 e. The van der Waals surface area contributed by atoms with Crippen molar-refractivity contribution in [3.8, 4) is 5.75 Å². The summed E-state index contributed by atoms with van der Waals surface area (Å²) in [4.78, 5) is 12.0. The Morgan fingerprint density at radius 1 is 1.32 bits per heavy atom. The number of hydrogen-bond donors (Lipinski definition) is 1. The second-order valence-electron chi connectivity index (χ2n) is 3.96. The van der Waals surface area contributed by atoms with Gasteiger partial charge in [0.15, 0.2) is 0 Å². The summed E-state index contributed by atoms with van der Waals surface area (Å²) in [6.45, 7) is 4.10. The quantitative estimate of drug-likeness (QED) is 0.816. The van der Waals surface area contributed by atoms with Gasteiger partial charge < -0.3 is 9.84 Å². The number of rotatable bonds is 6. The highest BCUT2D eigenvalue weighted by molar-refractivity contribution is 7.13. The SMILES string of the molecule is C=CCc1ccccc1OCc1ccc(C(=O)O)s1. The van der Waals surface area contributed by atoms with Crippen molar-refractivity contribution in [1.82, 2.24) is 0 Å². The summed E-state index contributed by atoms with van der Waals surface area (Å²) in [5.41, 5.74) is 1.08. The van der Waals surface area contributed by atoms with E-state index in [0.29, 0.717) is 11.5 Å². The van der Waals surface area contributed by atoms with Crippen molar-refractivity contribution >= 4 is 17.3 Å². The Bertz CT molecular complexity index is 587. The molecule has 0 aliphatic heterocycles. The Morgan fingerprint density at radius 3 is 2.79 bits per heavy atom. The first-order chi connectivity index (χ1) is 9.20. The molecule has 1 N–H and O–H groups in total. The van der Waals surface area contributed by atoms with Gasteiger partial charge in [-0.15, -0.1) is 17.9 Å². The Kier molecular flexibility index (Phi) is 4.36. The fraction of sp³-hybridized carbons (Fsp3) is 0.133. The molecule has 0 atom stereocenters. The second kappa shape index (κ2) is 6.20. The molecule has 0 radical (unpaired) electrons. The van der Waals surface area contributed by atoms with Gasteiger partial charge in [0.2, 0.25) is 0 Å². The van der Waals surface area contributed by atoms with Crippen LogP contribution in [0.15, 0.2) is 49.1 Å². The predicted octanol–water partition coefficient (Wildman–Crippen LogP) is 3.75. The summed E-state index contributed by atoms with van der Waals surface area (Å²) in [6.07, 6.45) is 2.58. The molecule has 0 saturated heterocycles.